The third kappa shape index (κ3) is 3.64. The molecule has 1 N–H and O–H groups in total. The van der Waals surface area contributed by atoms with Gasteiger partial charge in [-0.05, 0) is 85.4 Å². The zero-order valence-electron chi connectivity index (χ0n) is 12.6. The van der Waals surface area contributed by atoms with Crippen LogP contribution in [0.1, 0.15) is 43.7 Å². The molecule has 2 aliphatic rings. The highest BCUT2D eigenvalue weighted by molar-refractivity contribution is 9.10. The van der Waals surface area contributed by atoms with Gasteiger partial charge in [-0.2, -0.15) is 0 Å². The van der Waals surface area contributed by atoms with Crippen molar-refractivity contribution in [3.05, 3.63) is 33.3 Å². The predicted octanol–water partition coefficient (Wildman–Crippen LogP) is 4.63. The maximum absolute atomic E-state index is 6.19. The topological polar surface area (TPSA) is 15.3 Å². The van der Waals surface area contributed by atoms with Crippen LogP contribution < -0.4 is 5.32 Å². The minimum atomic E-state index is 0.529. The Bertz CT molecular complexity index is 490. The average Bonchev–Trinajstić information content (AvgIpc) is 3.28. The minimum absolute atomic E-state index is 0.529. The second-order valence-electron chi connectivity index (χ2n) is 6.40. The van der Waals surface area contributed by atoms with Gasteiger partial charge in [0.05, 0.1) is 5.02 Å². The maximum atomic E-state index is 6.19. The molecule has 3 rings (SSSR count). The molecule has 1 saturated heterocycles. The Balaban J connectivity index is 1.94. The summed E-state index contributed by atoms with van der Waals surface area (Å²) in [6, 6.07) is 7.83. The van der Waals surface area contributed by atoms with Crippen LogP contribution in [0.25, 0.3) is 0 Å². The zero-order valence-corrected chi connectivity index (χ0v) is 15.0. The molecule has 1 saturated carbocycles. The van der Waals surface area contributed by atoms with Gasteiger partial charge in [0.25, 0.3) is 0 Å². The highest BCUT2D eigenvalue weighted by Crippen LogP contribution is 2.42. The van der Waals surface area contributed by atoms with Gasteiger partial charge < -0.3 is 5.32 Å². The second kappa shape index (κ2) is 6.99. The molecule has 2 nitrogen and oxygen atoms in total. The van der Waals surface area contributed by atoms with E-state index in [2.05, 4.69) is 45.3 Å². The highest BCUT2D eigenvalue weighted by atomic mass is 79.9. The van der Waals surface area contributed by atoms with Crippen LogP contribution in [-0.4, -0.2) is 31.1 Å². The van der Waals surface area contributed by atoms with Crippen molar-refractivity contribution in [3.63, 3.8) is 0 Å². The van der Waals surface area contributed by atoms with Gasteiger partial charge in [-0.3, -0.25) is 4.90 Å². The second-order valence-corrected chi connectivity index (χ2v) is 7.66. The Labute approximate surface area is 141 Å². The normalized spacial score (nSPS) is 27.6. The molecule has 2 unspecified atom stereocenters. The molecular weight excluding hydrogens is 348 g/mol. The smallest absolute Gasteiger partial charge is 0.0548 e. The number of nitrogens with one attached hydrogen (secondary N) is 1. The zero-order chi connectivity index (χ0) is 14.8. The predicted molar refractivity (Wildman–Crippen MR) is 92.9 cm³/mol. The summed E-state index contributed by atoms with van der Waals surface area (Å²) in [5.74, 6) is 0.686. The number of hydrogen-bond donors (Lipinski definition) is 1. The maximum Gasteiger partial charge on any atom is 0.0548 e. The van der Waals surface area contributed by atoms with E-state index in [0.717, 1.165) is 22.1 Å². The molecule has 4 heteroatoms. The van der Waals surface area contributed by atoms with Crippen molar-refractivity contribution >= 4 is 27.5 Å². The summed E-state index contributed by atoms with van der Waals surface area (Å²) in [5, 5.41) is 4.21. The number of likely N-dealkylation sites (tertiary alicyclic amines) is 1. The molecule has 1 heterocycles. The van der Waals surface area contributed by atoms with Crippen molar-refractivity contribution in [2.75, 3.05) is 20.1 Å². The minimum Gasteiger partial charge on any atom is -0.319 e. The number of benzene rings is 1. The molecular formula is C17H24BrClN2. The Morgan fingerprint density at radius 2 is 2.10 bits per heavy atom. The summed E-state index contributed by atoms with van der Waals surface area (Å²) in [5.41, 5.74) is 1.42. The van der Waals surface area contributed by atoms with Crippen LogP contribution in [0.3, 0.4) is 0 Å². The molecule has 1 aliphatic heterocycles. The van der Waals surface area contributed by atoms with E-state index in [-0.39, 0.29) is 0 Å². The summed E-state index contributed by atoms with van der Waals surface area (Å²) in [4.78, 5) is 2.77. The van der Waals surface area contributed by atoms with Crippen LogP contribution in [0.15, 0.2) is 22.7 Å². The van der Waals surface area contributed by atoms with Gasteiger partial charge in [-0.25, -0.2) is 0 Å². The molecule has 0 spiro atoms. The Morgan fingerprint density at radius 3 is 2.76 bits per heavy atom. The lowest BCUT2D eigenvalue weighted by Gasteiger charge is -2.36. The fraction of sp³-hybridized carbons (Fsp3) is 0.647. The van der Waals surface area contributed by atoms with Crippen molar-refractivity contribution in [1.29, 1.82) is 0 Å². The first kappa shape index (κ1) is 15.8. The first-order valence-corrected chi connectivity index (χ1v) is 9.23. The first-order chi connectivity index (χ1) is 10.2. The summed E-state index contributed by atoms with van der Waals surface area (Å²) >= 11 is 9.79. The molecule has 0 aromatic heterocycles. The third-order valence-corrected chi connectivity index (χ3v) is 6.03. The average molecular weight is 372 g/mol. The van der Waals surface area contributed by atoms with Crippen LogP contribution in [0.2, 0.25) is 5.02 Å². The van der Waals surface area contributed by atoms with Gasteiger partial charge in [0, 0.05) is 16.6 Å². The van der Waals surface area contributed by atoms with Gasteiger partial charge in [0.1, 0.15) is 0 Å². The van der Waals surface area contributed by atoms with Gasteiger partial charge in [-0.15, -0.1) is 0 Å². The van der Waals surface area contributed by atoms with E-state index in [4.69, 9.17) is 11.6 Å². The fourth-order valence-corrected chi connectivity index (χ4v) is 4.23. The standard InChI is InChI=1S/C17H24BrClN2/c1-20-11-13-4-2-3-9-21(14-6-7-14)17(13)12-5-8-16(19)15(18)10-12/h5,8,10,13-14,17,20H,2-4,6-7,9,11H2,1H3. The number of rotatable bonds is 4. The molecule has 1 aromatic carbocycles. The molecule has 2 fully saturated rings. The van der Waals surface area contributed by atoms with E-state index < -0.39 is 0 Å². The fourth-order valence-electron chi connectivity index (χ4n) is 3.72. The van der Waals surface area contributed by atoms with Crippen molar-refractivity contribution in [1.82, 2.24) is 10.2 Å². The van der Waals surface area contributed by atoms with E-state index in [1.54, 1.807) is 0 Å². The lowest BCUT2D eigenvalue weighted by Crippen LogP contribution is -2.37. The molecule has 2 atom stereocenters. The summed E-state index contributed by atoms with van der Waals surface area (Å²) in [6.45, 7) is 2.34. The van der Waals surface area contributed by atoms with Crippen molar-refractivity contribution in [3.8, 4) is 0 Å². The van der Waals surface area contributed by atoms with E-state index in [1.807, 2.05) is 6.07 Å². The molecule has 0 bridgehead atoms. The number of hydrogen-bond acceptors (Lipinski definition) is 2. The van der Waals surface area contributed by atoms with Crippen LogP contribution in [0.5, 0.6) is 0 Å². The lowest BCUT2D eigenvalue weighted by molar-refractivity contribution is 0.145. The van der Waals surface area contributed by atoms with Gasteiger partial charge in [-0.1, -0.05) is 24.1 Å². The molecule has 1 aromatic rings. The van der Waals surface area contributed by atoms with Crippen molar-refractivity contribution < 1.29 is 0 Å². The quantitative estimate of drug-likeness (QED) is 0.830. The van der Waals surface area contributed by atoms with Crippen molar-refractivity contribution in [2.24, 2.45) is 5.92 Å². The molecule has 0 radical (unpaired) electrons. The van der Waals surface area contributed by atoms with E-state index in [0.29, 0.717) is 12.0 Å². The highest BCUT2D eigenvalue weighted by Gasteiger charge is 2.39. The Kier molecular flexibility index (Phi) is 5.26. The van der Waals surface area contributed by atoms with Gasteiger partial charge in [0.2, 0.25) is 0 Å². The molecule has 116 valence electrons. The van der Waals surface area contributed by atoms with Gasteiger partial charge >= 0.3 is 0 Å². The molecule has 0 amide bonds. The van der Waals surface area contributed by atoms with E-state index >= 15 is 0 Å². The van der Waals surface area contributed by atoms with Crippen LogP contribution in [0, 0.1) is 5.92 Å². The molecule has 21 heavy (non-hydrogen) atoms. The third-order valence-electron chi connectivity index (χ3n) is 4.81. The van der Waals surface area contributed by atoms with Gasteiger partial charge in [0.15, 0.2) is 0 Å². The number of halogens is 2. The van der Waals surface area contributed by atoms with E-state index in [1.165, 1.54) is 44.2 Å². The van der Waals surface area contributed by atoms with Crippen LogP contribution >= 0.6 is 27.5 Å². The SMILES string of the molecule is CNCC1CCCCN(C2CC2)C1c1ccc(Cl)c(Br)c1. The summed E-state index contributed by atoms with van der Waals surface area (Å²) < 4.78 is 1.02. The van der Waals surface area contributed by atoms with Crippen molar-refractivity contribution in [2.45, 2.75) is 44.2 Å². The first-order valence-electron chi connectivity index (χ1n) is 8.06. The number of nitrogens with zero attached hydrogens (tertiary/aromatic N) is 1. The van der Waals surface area contributed by atoms with E-state index in [9.17, 15) is 0 Å². The largest absolute Gasteiger partial charge is 0.319 e. The van der Waals surface area contributed by atoms with Crippen LogP contribution in [0.4, 0.5) is 0 Å². The Hall–Kier alpha value is -0.0900. The summed E-state index contributed by atoms with van der Waals surface area (Å²) in [7, 11) is 2.07. The Morgan fingerprint density at radius 1 is 1.29 bits per heavy atom. The summed E-state index contributed by atoms with van der Waals surface area (Å²) in [6.07, 6.45) is 6.74. The monoisotopic (exact) mass is 370 g/mol. The molecule has 1 aliphatic carbocycles. The van der Waals surface area contributed by atoms with Crippen LogP contribution in [-0.2, 0) is 0 Å². The lowest BCUT2D eigenvalue weighted by atomic mass is 9.89.